The van der Waals surface area contributed by atoms with Crippen LogP contribution in [-0.2, 0) is 14.3 Å². The van der Waals surface area contributed by atoms with Crippen LogP contribution in [0.1, 0.15) is 94.8 Å². The summed E-state index contributed by atoms with van der Waals surface area (Å²) in [4.78, 5) is 39.5. The Hall–Kier alpha value is -3.88. The largest absolute Gasteiger partial charge is 0.493 e. The van der Waals surface area contributed by atoms with Crippen molar-refractivity contribution in [2.45, 2.75) is 95.6 Å². The van der Waals surface area contributed by atoms with E-state index in [1.807, 2.05) is 19.1 Å². The summed E-state index contributed by atoms with van der Waals surface area (Å²) in [7, 11) is 1.18. The smallest absolute Gasteiger partial charge is 0.285 e. The van der Waals surface area contributed by atoms with Gasteiger partial charge in [0.15, 0.2) is 6.10 Å². The first-order chi connectivity index (χ1) is 22.8. The van der Waals surface area contributed by atoms with Crippen LogP contribution in [0.5, 0.6) is 11.5 Å². The fourth-order valence-corrected chi connectivity index (χ4v) is 5.23. The van der Waals surface area contributed by atoms with Gasteiger partial charge in [-0.25, -0.2) is 0 Å². The van der Waals surface area contributed by atoms with Gasteiger partial charge in [-0.2, -0.15) is 0 Å². The first kappa shape index (κ1) is 37.6. The average Bonchev–Trinajstić information content (AvgIpc) is 3.09. The Labute approximate surface area is 284 Å². The van der Waals surface area contributed by atoms with Gasteiger partial charge in [0, 0.05) is 30.1 Å². The normalized spacial score (nSPS) is 12.9. The number of methoxy groups -OCH3 is 1. The van der Waals surface area contributed by atoms with Crippen molar-refractivity contribution in [2.75, 3.05) is 24.4 Å². The molecule has 0 bridgehead atoms. The number of para-hydroxylation sites is 1. The number of Topliss-reactive ketones (excluding diaryl/α,β-unsaturated/α-hetero) is 1. The van der Waals surface area contributed by atoms with Crippen LogP contribution >= 0.6 is 11.6 Å². The van der Waals surface area contributed by atoms with Gasteiger partial charge in [0.25, 0.3) is 16.9 Å². The first-order valence-corrected chi connectivity index (χ1v) is 17.1. The van der Waals surface area contributed by atoms with Gasteiger partial charge in [0.2, 0.25) is 5.78 Å². The number of amides is 2. The number of rotatable bonds is 22. The number of carbonyl (C=O) groups excluding carboxylic acids is 3. The molecule has 0 aliphatic heterocycles. The van der Waals surface area contributed by atoms with Crippen LogP contribution in [0.15, 0.2) is 78.9 Å². The van der Waals surface area contributed by atoms with E-state index in [4.69, 9.17) is 25.8 Å². The highest BCUT2D eigenvalue weighted by Gasteiger charge is 2.45. The summed E-state index contributed by atoms with van der Waals surface area (Å²) in [5.74, 6) is -0.781. The van der Waals surface area contributed by atoms with Crippen LogP contribution < -0.4 is 20.1 Å². The Morgan fingerprint density at radius 1 is 0.723 bits per heavy atom. The maximum absolute atomic E-state index is 13.4. The van der Waals surface area contributed by atoms with E-state index >= 15 is 0 Å². The molecule has 8 nitrogen and oxygen atoms in total. The molecule has 3 rings (SSSR count). The van der Waals surface area contributed by atoms with E-state index in [0.717, 1.165) is 12.8 Å². The molecule has 0 aliphatic carbocycles. The molecule has 0 spiro atoms. The number of alkyl halides is 1. The Balaban J connectivity index is 1.50. The Morgan fingerprint density at radius 2 is 1.34 bits per heavy atom. The van der Waals surface area contributed by atoms with Gasteiger partial charge in [-0.3, -0.25) is 14.4 Å². The van der Waals surface area contributed by atoms with Gasteiger partial charge in [0.05, 0.1) is 6.61 Å². The van der Waals surface area contributed by atoms with E-state index in [-0.39, 0.29) is 11.5 Å². The second-order valence-corrected chi connectivity index (χ2v) is 12.1. The molecule has 254 valence electrons. The Kier molecular flexibility index (Phi) is 16.3. The Morgan fingerprint density at radius 3 is 2.00 bits per heavy atom. The lowest BCUT2D eigenvalue weighted by Crippen LogP contribution is -2.46. The van der Waals surface area contributed by atoms with Crippen molar-refractivity contribution in [1.82, 2.24) is 0 Å². The van der Waals surface area contributed by atoms with Crippen molar-refractivity contribution in [2.24, 2.45) is 0 Å². The molecule has 0 fully saturated rings. The molecule has 0 saturated carbocycles. The molecule has 0 radical (unpaired) electrons. The zero-order chi connectivity index (χ0) is 33.9. The number of hydrogen-bond donors (Lipinski definition) is 2. The van der Waals surface area contributed by atoms with Gasteiger partial charge in [0.1, 0.15) is 11.5 Å². The number of ether oxygens (including phenoxy) is 3. The number of hydrogen-bond acceptors (Lipinski definition) is 6. The summed E-state index contributed by atoms with van der Waals surface area (Å²) in [6, 6.07) is 22.1. The zero-order valence-corrected chi connectivity index (χ0v) is 28.7. The number of ketones is 1. The fourth-order valence-electron chi connectivity index (χ4n) is 5.07. The summed E-state index contributed by atoms with van der Waals surface area (Å²) < 4.78 is 17.2. The van der Waals surface area contributed by atoms with E-state index in [9.17, 15) is 14.4 Å². The van der Waals surface area contributed by atoms with E-state index in [2.05, 4.69) is 17.6 Å². The highest BCUT2D eigenvalue weighted by molar-refractivity contribution is 6.48. The van der Waals surface area contributed by atoms with Gasteiger partial charge < -0.3 is 24.8 Å². The van der Waals surface area contributed by atoms with E-state index in [1.165, 1.54) is 70.6 Å². The van der Waals surface area contributed by atoms with E-state index < -0.39 is 22.9 Å². The van der Waals surface area contributed by atoms with Crippen LogP contribution in [0.2, 0.25) is 0 Å². The summed E-state index contributed by atoms with van der Waals surface area (Å²) in [6.07, 6.45) is 12.3. The molecule has 3 aromatic carbocycles. The van der Waals surface area contributed by atoms with Crippen molar-refractivity contribution in [3.05, 3.63) is 84.4 Å². The lowest BCUT2D eigenvalue weighted by atomic mass is 10.0. The number of unbranched alkanes of at least 4 members (excludes halogenated alkanes) is 9. The molecular weight excluding hydrogens is 616 g/mol. The summed E-state index contributed by atoms with van der Waals surface area (Å²) >= 11 is 6.43. The maximum Gasteiger partial charge on any atom is 0.285 e. The standard InChI is InChI=1S/C38H49ClN2O6/c1-4-6-7-8-9-10-11-12-13-17-26-46-32-24-19-25-33(28-32)47-34(5-2)36(43)40-31-23-18-20-29(27-31)35(42)38(39,45-3)37(44)41-30-21-15-14-16-22-30/h14-16,18-25,27-28,34H,4-13,17,26H2,1-3H3,(H,40,43)(H,41,44). The molecule has 0 aromatic heterocycles. The highest BCUT2D eigenvalue weighted by Crippen LogP contribution is 2.27. The number of nitrogens with one attached hydrogen (secondary N) is 2. The van der Waals surface area contributed by atoms with Gasteiger partial charge in [-0.15, -0.1) is 0 Å². The molecule has 0 aliphatic rings. The van der Waals surface area contributed by atoms with Crippen molar-refractivity contribution in [3.63, 3.8) is 0 Å². The van der Waals surface area contributed by atoms with Gasteiger partial charge in [-0.1, -0.05) is 120 Å². The number of halogens is 1. The second kappa shape index (κ2) is 20.4. The Bertz CT molecular complexity index is 1400. The molecule has 2 amide bonds. The highest BCUT2D eigenvalue weighted by atomic mass is 35.5. The van der Waals surface area contributed by atoms with Gasteiger partial charge in [-0.05, 0) is 49.2 Å². The van der Waals surface area contributed by atoms with Crippen LogP contribution in [0.3, 0.4) is 0 Å². The SMILES string of the molecule is CCCCCCCCCCCCOc1cccc(OC(CC)C(=O)Nc2cccc(C(=O)C(Cl)(OC)C(=O)Nc3ccccc3)c2)c1. The van der Waals surface area contributed by atoms with E-state index in [1.54, 1.807) is 54.6 Å². The topological polar surface area (TPSA) is 103 Å². The molecule has 2 N–H and O–H groups in total. The quantitative estimate of drug-likeness (QED) is 0.0480. The number of anilines is 2. The second-order valence-electron chi connectivity index (χ2n) is 11.5. The molecule has 0 saturated heterocycles. The van der Waals surface area contributed by atoms with Crippen molar-refractivity contribution in [3.8, 4) is 11.5 Å². The zero-order valence-electron chi connectivity index (χ0n) is 27.9. The van der Waals surface area contributed by atoms with Crippen LogP contribution in [0, 0.1) is 0 Å². The molecule has 0 heterocycles. The van der Waals surface area contributed by atoms with Crippen LogP contribution in [0.25, 0.3) is 0 Å². The number of benzene rings is 3. The number of carbonyl (C=O) groups is 3. The molecule has 2 atom stereocenters. The third kappa shape index (κ3) is 12.3. The van der Waals surface area contributed by atoms with Crippen LogP contribution in [0.4, 0.5) is 11.4 Å². The minimum atomic E-state index is -2.31. The summed E-state index contributed by atoms with van der Waals surface area (Å²) in [5, 5.41) is 3.09. The molecule has 3 aromatic rings. The third-order valence-electron chi connectivity index (χ3n) is 7.80. The van der Waals surface area contributed by atoms with Crippen LogP contribution in [-0.4, -0.2) is 42.5 Å². The average molecular weight is 665 g/mol. The summed E-state index contributed by atoms with van der Waals surface area (Å²) in [5.41, 5.74) is 0.893. The van der Waals surface area contributed by atoms with Crippen molar-refractivity contribution < 1.29 is 28.6 Å². The third-order valence-corrected chi connectivity index (χ3v) is 8.30. The monoisotopic (exact) mass is 664 g/mol. The summed E-state index contributed by atoms with van der Waals surface area (Å²) in [6.45, 7) is 4.73. The van der Waals surface area contributed by atoms with E-state index in [0.29, 0.717) is 35.9 Å². The molecule has 9 heteroatoms. The minimum absolute atomic E-state index is 0.0871. The van der Waals surface area contributed by atoms with Crippen molar-refractivity contribution in [1.29, 1.82) is 0 Å². The first-order valence-electron chi connectivity index (χ1n) is 16.8. The molecular formula is C38H49ClN2O6. The maximum atomic E-state index is 13.4. The lowest BCUT2D eigenvalue weighted by Gasteiger charge is -2.23. The minimum Gasteiger partial charge on any atom is -0.493 e. The molecule has 47 heavy (non-hydrogen) atoms. The molecule has 2 unspecified atom stereocenters. The fraction of sp³-hybridized carbons (Fsp3) is 0.447. The predicted molar refractivity (Wildman–Crippen MR) is 189 cm³/mol. The lowest BCUT2D eigenvalue weighted by molar-refractivity contribution is -0.126. The van der Waals surface area contributed by atoms with Crippen molar-refractivity contribution >= 4 is 40.6 Å². The predicted octanol–water partition coefficient (Wildman–Crippen LogP) is 9.19. The van der Waals surface area contributed by atoms with Gasteiger partial charge >= 0.3 is 0 Å².